The summed E-state index contributed by atoms with van der Waals surface area (Å²) in [5.41, 5.74) is 0.936. The van der Waals surface area contributed by atoms with Crippen molar-refractivity contribution in [2.75, 3.05) is 6.61 Å². The Morgan fingerprint density at radius 2 is 2.15 bits per heavy atom. The average Bonchev–Trinajstić information content (AvgIpc) is 2.44. The van der Waals surface area contributed by atoms with Gasteiger partial charge < -0.3 is 10.1 Å². The van der Waals surface area contributed by atoms with Gasteiger partial charge >= 0.3 is 6.18 Å². The Kier molecular flexibility index (Phi) is 5.37. The van der Waals surface area contributed by atoms with Crippen LogP contribution in [0.1, 0.15) is 31.4 Å². The van der Waals surface area contributed by atoms with Gasteiger partial charge in [0.25, 0.3) is 0 Å². The molecule has 0 spiro atoms. The Morgan fingerprint density at radius 1 is 1.30 bits per heavy atom. The first-order chi connectivity index (χ1) is 9.53. The summed E-state index contributed by atoms with van der Waals surface area (Å²) in [5.74, 6) is 0. The molecule has 0 amide bonds. The molecule has 20 heavy (non-hydrogen) atoms. The summed E-state index contributed by atoms with van der Waals surface area (Å²) in [5, 5.41) is 3.34. The fourth-order valence-electron chi connectivity index (χ4n) is 2.45. The van der Waals surface area contributed by atoms with Gasteiger partial charge in [0.15, 0.2) is 0 Å². The molecule has 1 aromatic rings. The lowest BCUT2D eigenvalue weighted by molar-refractivity contribution is -0.188. The van der Waals surface area contributed by atoms with Crippen molar-refractivity contribution in [2.24, 2.45) is 0 Å². The van der Waals surface area contributed by atoms with Gasteiger partial charge in [-0.3, -0.25) is 4.98 Å². The van der Waals surface area contributed by atoms with E-state index in [1.165, 1.54) is 0 Å². The Hall–Kier alpha value is -1.14. The summed E-state index contributed by atoms with van der Waals surface area (Å²) in [6.45, 7) is -0.512. The Labute approximate surface area is 116 Å². The van der Waals surface area contributed by atoms with Gasteiger partial charge in [0.1, 0.15) is 6.61 Å². The fraction of sp³-hybridized carbons (Fsp3) is 0.643. The molecular formula is C14H19F3N2O. The number of nitrogens with zero attached hydrogens (tertiary/aromatic N) is 1. The number of nitrogens with one attached hydrogen (secondary N) is 1. The predicted octanol–water partition coefficient (Wildman–Crippen LogP) is 3.06. The second-order valence-corrected chi connectivity index (χ2v) is 5.11. The molecular weight excluding hydrogens is 269 g/mol. The first-order valence-electron chi connectivity index (χ1n) is 6.84. The third kappa shape index (κ3) is 5.46. The zero-order valence-corrected chi connectivity index (χ0v) is 11.2. The van der Waals surface area contributed by atoms with E-state index in [-0.39, 0.29) is 12.1 Å². The number of rotatable bonds is 5. The van der Waals surface area contributed by atoms with Crippen LogP contribution in [0.2, 0.25) is 0 Å². The molecule has 0 aliphatic heterocycles. The summed E-state index contributed by atoms with van der Waals surface area (Å²) in [6.07, 6.45) is 0.384. The van der Waals surface area contributed by atoms with Crippen LogP contribution < -0.4 is 5.32 Å². The largest absolute Gasteiger partial charge is 0.411 e. The number of pyridine rings is 1. The molecule has 1 aliphatic carbocycles. The molecule has 1 aliphatic rings. The van der Waals surface area contributed by atoms with E-state index in [0.29, 0.717) is 19.4 Å². The van der Waals surface area contributed by atoms with E-state index >= 15 is 0 Å². The van der Waals surface area contributed by atoms with E-state index in [1.54, 1.807) is 6.20 Å². The number of hydrogen-bond donors (Lipinski definition) is 1. The standard InChI is InChI=1S/C14H19F3N2O/c15-14(16,17)10-20-13-6-3-5-11(8-13)19-9-12-4-1-2-7-18-12/h1-2,4,7,11,13,19H,3,5-6,8-10H2. The summed E-state index contributed by atoms with van der Waals surface area (Å²) >= 11 is 0. The van der Waals surface area contributed by atoms with Crippen LogP contribution in [0.25, 0.3) is 0 Å². The topological polar surface area (TPSA) is 34.1 Å². The third-order valence-corrected chi connectivity index (χ3v) is 3.41. The van der Waals surface area contributed by atoms with Gasteiger partial charge in [0.05, 0.1) is 11.8 Å². The first-order valence-corrected chi connectivity index (χ1v) is 6.84. The first kappa shape index (κ1) is 15.3. The van der Waals surface area contributed by atoms with Crippen LogP contribution in [0.15, 0.2) is 24.4 Å². The smallest absolute Gasteiger partial charge is 0.369 e. The molecule has 0 bridgehead atoms. The lowest BCUT2D eigenvalue weighted by Crippen LogP contribution is -2.37. The Bertz CT molecular complexity index is 397. The normalized spacial score (nSPS) is 23.8. The number of ether oxygens (including phenoxy) is 1. The molecule has 1 N–H and O–H groups in total. The van der Waals surface area contributed by atoms with E-state index in [9.17, 15) is 13.2 Å². The highest BCUT2D eigenvalue weighted by Gasteiger charge is 2.31. The summed E-state index contributed by atoms with van der Waals surface area (Å²) < 4.78 is 41.3. The molecule has 2 atom stereocenters. The summed E-state index contributed by atoms with van der Waals surface area (Å²) in [4.78, 5) is 4.21. The minimum absolute atomic E-state index is 0.198. The maximum Gasteiger partial charge on any atom is 0.411 e. The highest BCUT2D eigenvalue weighted by molar-refractivity contribution is 5.03. The molecule has 2 unspecified atom stereocenters. The van der Waals surface area contributed by atoms with Crippen LogP contribution >= 0.6 is 0 Å². The van der Waals surface area contributed by atoms with Crippen LogP contribution in [0.3, 0.4) is 0 Å². The number of hydrogen-bond acceptors (Lipinski definition) is 3. The van der Waals surface area contributed by atoms with E-state index in [1.807, 2.05) is 18.2 Å². The minimum atomic E-state index is -4.24. The van der Waals surface area contributed by atoms with Crippen LogP contribution in [0, 0.1) is 0 Å². The molecule has 0 radical (unpaired) electrons. The third-order valence-electron chi connectivity index (χ3n) is 3.41. The maximum absolute atomic E-state index is 12.1. The molecule has 0 saturated heterocycles. The van der Waals surface area contributed by atoms with Crippen molar-refractivity contribution in [1.29, 1.82) is 0 Å². The highest BCUT2D eigenvalue weighted by Crippen LogP contribution is 2.24. The van der Waals surface area contributed by atoms with Crippen molar-refractivity contribution in [3.8, 4) is 0 Å². The van der Waals surface area contributed by atoms with E-state index in [4.69, 9.17) is 4.74 Å². The lowest BCUT2D eigenvalue weighted by Gasteiger charge is -2.30. The van der Waals surface area contributed by atoms with Gasteiger partial charge in [-0.05, 0) is 37.8 Å². The zero-order chi connectivity index (χ0) is 14.4. The monoisotopic (exact) mass is 288 g/mol. The van der Waals surface area contributed by atoms with Gasteiger partial charge in [-0.2, -0.15) is 13.2 Å². The second-order valence-electron chi connectivity index (χ2n) is 5.11. The van der Waals surface area contributed by atoms with Crippen LogP contribution in [0.4, 0.5) is 13.2 Å². The van der Waals surface area contributed by atoms with Crippen LogP contribution in [-0.4, -0.2) is 29.9 Å². The van der Waals surface area contributed by atoms with Crippen LogP contribution in [0.5, 0.6) is 0 Å². The van der Waals surface area contributed by atoms with E-state index < -0.39 is 12.8 Å². The predicted molar refractivity (Wildman–Crippen MR) is 69.1 cm³/mol. The van der Waals surface area contributed by atoms with Gasteiger partial charge in [-0.15, -0.1) is 0 Å². The zero-order valence-electron chi connectivity index (χ0n) is 11.2. The van der Waals surface area contributed by atoms with Crippen molar-refractivity contribution in [3.63, 3.8) is 0 Å². The molecule has 6 heteroatoms. The quantitative estimate of drug-likeness (QED) is 0.904. The number of alkyl halides is 3. The van der Waals surface area contributed by atoms with Crippen molar-refractivity contribution in [2.45, 2.75) is 50.6 Å². The fourth-order valence-corrected chi connectivity index (χ4v) is 2.45. The highest BCUT2D eigenvalue weighted by atomic mass is 19.4. The minimum Gasteiger partial charge on any atom is -0.369 e. The maximum atomic E-state index is 12.1. The van der Waals surface area contributed by atoms with E-state index in [2.05, 4.69) is 10.3 Å². The molecule has 3 nitrogen and oxygen atoms in total. The van der Waals surface area contributed by atoms with Crippen molar-refractivity contribution in [3.05, 3.63) is 30.1 Å². The van der Waals surface area contributed by atoms with Crippen LogP contribution in [-0.2, 0) is 11.3 Å². The number of halogens is 3. The summed E-state index contributed by atoms with van der Waals surface area (Å²) in [7, 11) is 0. The van der Waals surface area contributed by atoms with Gasteiger partial charge in [0, 0.05) is 18.8 Å². The molecule has 1 fully saturated rings. The van der Waals surface area contributed by atoms with Crippen molar-refractivity contribution >= 4 is 0 Å². The van der Waals surface area contributed by atoms with Gasteiger partial charge in [-0.1, -0.05) is 6.07 Å². The summed E-state index contributed by atoms with van der Waals surface area (Å²) in [6, 6.07) is 5.89. The Morgan fingerprint density at radius 3 is 2.85 bits per heavy atom. The van der Waals surface area contributed by atoms with Gasteiger partial charge in [0.2, 0.25) is 0 Å². The SMILES string of the molecule is FC(F)(F)COC1CCCC(NCc2ccccn2)C1. The van der Waals surface area contributed by atoms with Gasteiger partial charge in [-0.25, -0.2) is 0 Å². The lowest BCUT2D eigenvalue weighted by atomic mass is 9.93. The molecule has 1 saturated carbocycles. The van der Waals surface area contributed by atoms with Crippen molar-refractivity contribution in [1.82, 2.24) is 10.3 Å². The molecule has 112 valence electrons. The second kappa shape index (κ2) is 7.04. The molecule has 0 aromatic carbocycles. The van der Waals surface area contributed by atoms with Crippen molar-refractivity contribution < 1.29 is 17.9 Å². The molecule has 2 rings (SSSR count). The number of aromatic nitrogens is 1. The molecule has 1 heterocycles. The Balaban J connectivity index is 1.73. The molecule has 1 aromatic heterocycles. The average molecular weight is 288 g/mol. The van der Waals surface area contributed by atoms with E-state index in [0.717, 1.165) is 18.5 Å².